The van der Waals surface area contributed by atoms with E-state index >= 15 is 0 Å². The average Bonchev–Trinajstić information content (AvgIpc) is 2.27. The zero-order chi connectivity index (χ0) is 13.0. The number of hydrogen-bond acceptors (Lipinski definition) is 7. The lowest BCUT2D eigenvalue weighted by atomic mass is 10.2. The zero-order valence-electron chi connectivity index (χ0n) is 9.49. The second-order valence-electron chi connectivity index (χ2n) is 3.52. The fourth-order valence-electron chi connectivity index (χ4n) is 1.25. The second kappa shape index (κ2) is 5.07. The summed E-state index contributed by atoms with van der Waals surface area (Å²) in [6, 6.07) is 1.79. The van der Waals surface area contributed by atoms with Gasteiger partial charge in [0, 0.05) is 13.1 Å². The molecule has 0 fully saturated rings. The number of nitrogens with zero attached hydrogens (tertiary/aromatic N) is 5. The van der Waals surface area contributed by atoms with E-state index in [1.807, 2.05) is 6.07 Å². The predicted octanol–water partition coefficient (Wildman–Crippen LogP) is 0.705. The normalized spacial score (nSPS) is 11.6. The highest BCUT2D eigenvalue weighted by Gasteiger charge is 2.23. The number of nitriles is 1. The number of nitrogens with two attached hydrogens (primary N) is 1. The molecule has 0 aromatic carbocycles. The molecular weight excluding hydrogens is 224 g/mol. The molecule has 1 aromatic heterocycles. The fraction of sp³-hybridized carbons (Fsp3) is 0.444. The van der Waals surface area contributed by atoms with Gasteiger partial charge in [0.15, 0.2) is 0 Å². The van der Waals surface area contributed by atoms with E-state index in [1.165, 1.54) is 0 Å². The van der Waals surface area contributed by atoms with Gasteiger partial charge in [-0.25, -0.2) is 4.98 Å². The van der Waals surface area contributed by atoms with Crippen LogP contribution in [0.1, 0.15) is 13.3 Å². The van der Waals surface area contributed by atoms with E-state index < -0.39 is 4.92 Å². The van der Waals surface area contributed by atoms with Crippen LogP contribution >= 0.6 is 0 Å². The third-order valence-corrected chi connectivity index (χ3v) is 2.35. The topological polar surface area (TPSA) is 122 Å². The molecule has 1 heterocycles. The Morgan fingerprint density at radius 3 is 2.94 bits per heavy atom. The highest BCUT2D eigenvalue weighted by Crippen LogP contribution is 2.26. The summed E-state index contributed by atoms with van der Waals surface area (Å²) in [6.45, 7) is 1.77. The Morgan fingerprint density at radius 1 is 1.76 bits per heavy atom. The van der Waals surface area contributed by atoms with E-state index in [9.17, 15) is 10.1 Å². The maximum absolute atomic E-state index is 10.8. The van der Waals surface area contributed by atoms with Crippen LogP contribution in [0.15, 0.2) is 6.20 Å². The number of rotatable bonds is 4. The molecule has 1 unspecified atom stereocenters. The molecule has 0 saturated heterocycles. The Hall–Kier alpha value is -2.43. The number of aromatic nitrogens is 2. The van der Waals surface area contributed by atoms with E-state index in [4.69, 9.17) is 11.0 Å². The Labute approximate surface area is 97.8 Å². The van der Waals surface area contributed by atoms with Crippen molar-refractivity contribution < 1.29 is 4.92 Å². The van der Waals surface area contributed by atoms with Crippen molar-refractivity contribution in [3.05, 3.63) is 16.3 Å². The van der Waals surface area contributed by atoms with Gasteiger partial charge in [0.1, 0.15) is 6.20 Å². The summed E-state index contributed by atoms with van der Waals surface area (Å²) in [7, 11) is 1.62. The molecule has 0 aliphatic rings. The molecule has 1 aromatic rings. The van der Waals surface area contributed by atoms with Crippen molar-refractivity contribution in [3.63, 3.8) is 0 Å². The van der Waals surface area contributed by atoms with E-state index in [0.29, 0.717) is 0 Å². The van der Waals surface area contributed by atoms with Gasteiger partial charge in [-0.05, 0) is 6.92 Å². The van der Waals surface area contributed by atoms with Crippen molar-refractivity contribution in [1.29, 1.82) is 5.26 Å². The molecule has 0 aliphatic heterocycles. The lowest BCUT2D eigenvalue weighted by molar-refractivity contribution is -0.384. The molecule has 90 valence electrons. The molecule has 0 bridgehead atoms. The molecule has 0 aliphatic carbocycles. The minimum absolute atomic E-state index is 0.0402. The summed E-state index contributed by atoms with van der Waals surface area (Å²) in [6.07, 6.45) is 1.30. The summed E-state index contributed by atoms with van der Waals surface area (Å²) in [5, 5.41) is 19.4. The van der Waals surface area contributed by atoms with E-state index in [1.54, 1.807) is 18.9 Å². The van der Waals surface area contributed by atoms with Crippen molar-refractivity contribution in [2.45, 2.75) is 19.4 Å². The molecule has 2 N–H and O–H groups in total. The van der Waals surface area contributed by atoms with Crippen molar-refractivity contribution in [3.8, 4) is 6.07 Å². The van der Waals surface area contributed by atoms with Gasteiger partial charge in [-0.15, -0.1) is 0 Å². The fourth-order valence-corrected chi connectivity index (χ4v) is 1.25. The highest BCUT2D eigenvalue weighted by molar-refractivity contribution is 5.58. The maximum Gasteiger partial charge on any atom is 0.329 e. The SMILES string of the molecule is CC(CC#N)N(C)c1nc(N)ncc1[N+](=O)[O-]. The van der Waals surface area contributed by atoms with Gasteiger partial charge >= 0.3 is 5.69 Å². The second-order valence-corrected chi connectivity index (χ2v) is 3.52. The van der Waals surface area contributed by atoms with Gasteiger partial charge in [0.2, 0.25) is 11.8 Å². The first-order chi connectivity index (χ1) is 7.97. The zero-order valence-corrected chi connectivity index (χ0v) is 9.49. The lowest BCUT2D eigenvalue weighted by Gasteiger charge is -2.23. The van der Waals surface area contributed by atoms with Gasteiger partial charge in [-0.2, -0.15) is 10.2 Å². The molecule has 8 heteroatoms. The smallest absolute Gasteiger partial charge is 0.329 e. The molecule has 0 radical (unpaired) electrons. The standard InChI is InChI=1S/C9H12N6O2/c1-6(3-4-10)14(2)8-7(15(16)17)5-12-9(11)13-8/h5-6H,3H2,1-2H3,(H2,11,12,13). The van der Waals surface area contributed by atoms with Gasteiger partial charge < -0.3 is 10.6 Å². The van der Waals surface area contributed by atoms with Crippen molar-refractivity contribution >= 4 is 17.5 Å². The minimum Gasteiger partial charge on any atom is -0.368 e. The van der Waals surface area contributed by atoms with Crippen molar-refractivity contribution in [2.75, 3.05) is 17.7 Å². The van der Waals surface area contributed by atoms with Crippen LogP contribution in [0.3, 0.4) is 0 Å². The van der Waals surface area contributed by atoms with Gasteiger partial charge in [-0.3, -0.25) is 10.1 Å². The predicted molar refractivity (Wildman–Crippen MR) is 61.2 cm³/mol. The van der Waals surface area contributed by atoms with Gasteiger partial charge in [0.05, 0.1) is 17.4 Å². The van der Waals surface area contributed by atoms with Crippen molar-refractivity contribution in [2.24, 2.45) is 0 Å². The molecule has 0 saturated carbocycles. The molecular formula is C9H12N6O2. The monoisotopic (exact) mass is 236 g/mol. The van der Waals surface area contributed by atoms with E-state index in [2.05, 4.69) is 9.97 Å². The summed E-state index contributed by atoms with van der Waals surface area (Å²) in [5.41, 5.74) is 5.17. The Kier molecular flexibility index (Phi) is 3.77. The van der Waals surface area contributed by atoms with Crippen LogP contribution in [0.2, 0.25) is 0 Å². The first kappa shape index (κ1) is 12.6. The van der Waals surface area contributed by atoms with Gasteiger partial charge in [-0.1, -0.05) is 0 Å². The molecule has 0 amide bonds. The van der Waals surface area contributed by atoms with Crippen LogP contribution in [0.5, 0.6) is 0 Å². The van der Waals surface area contributed by atoms with E-state index in [0.717, 1.165) is 6.20 Å². The number of anilines is 2. The molecule has 8 nitrogen and oxygen atoms in total. The number of nitrogen functional groups attached to an aromatic ring is 1. The molecule has 17 heavy (non-hydrogen) atoms. The Bertz CT molecular complexity index is 469. The Balaban J connectivity index is 3.15. The minimum atomic E-state index is -0.579. The van der Waals surface area contributed by atoms with Crippen LogP contribution in [-0.4, -0.2) is 28.0 Å². The summed E-state index contributed by atoms with van der Waals surface area (Å²) in [5.74, 6) is 0.0758. The molecule has 1 atom stereocenters. The quantitative estimate of drug-likeness (QED) is 0.603. The lowest BCUT2D eigenvalue weighted by Crippen LogP contribution is -2.30. The van der Waals surface area contributed by atoms with Crippen LogP contribution in [-0.2, 0) is 0 Å². The Morgan fingerprint density at radius 2 is 2.41 bits per heavy atom. The number of nitro groups is 1. The van der Waals surface area contributed by atoms with Crippen molar-refractivity contribution in [1.82, 2.24) is 9.97 Å². The van der Waals surface area contributed by atoms with Crippen LogP contribution in [0, 0.1) is 21.4 Å². The highest BCUT2D eigenvalue weighted by atomic mass is 16.6. The summed E-state index contributed by atoms with van der Waals surface area (Å²) in [4.78, 5) is 19.2. The average molecular weight is 236 g/mol. The van der Waals surface area contributed by atoms with Gasteiger partial charge in [0.25, 0.3) is 0 Å². The third kappa shape index (κ3) is 2.78. The third-order valence-electron chi connectivity index (χ3n) is 2.35. The maximum atomic E-state index is 10.8. The summed E-state index contributed by atoms with van der Waals surface area (Å²) < 4.78 is 0. The first-order valence-corrected chi connectivity index (χ1v) is 4.84. The van der Waals surface area contributed by atoms with Crippen LogP contribution < -0.4 is 10.6 Å². The van der Waals surface area contributed by atoms with Crippen LogP contribution in [0.4, 0.5) is 17.5 Å². The largest absolute Gasteiger partial charge is 0.368 e. The van der Waals surface area contributed by atoms with Crippen LogP contribution in [0.25, 0.3) is 0 Å². The molecule has 1 rings (SSSR count). The van der Waals surface area contributed by atoms with E-state index in [-0.39, 0.29) is 29.9 Å². The number of hydrogen-bond donors (Lipinski definition) is 1. The first-order valence-electron chi connectivity index (χ1n) is 4.84. The molecule has 0 spiro atoms. The summed E-state index contributed by atoms with van der Waals surface area (Å²) >= 11 is 0.